The largest absolute Gasteiger partial charge is 0.497 e. The van der Waals surface area contributed by atoms with Crippen LogP contribution < -0.4 is 10.1 Å². The smallest absolute Gasteiger partial charge is 0.243 e. The molecule has 1 N–H and O–H groups in total. The lowest BCUT2D eigenvalue weighted by atomic mass is 10.1. The van der Waals surface area contributed by atoms with Crippen molar-refractivity contribution in [2.45, 2.75) is 32.6 Å². The molecule has 0 aliphatic carbocycles. The van der Waals surface area contributed by atoms with Crippen LogP contribution in [-0.2, 0) is 14.8 Å². The molecule has 4 aromatic rings. The van der Waals surface area contributed by atoms with Crippen molar-refractivity contribution in [2.24, 2.45) is 5.92 Å². The molecule has 0 aliphatic heterocycles. The van der Waals surface area contributed by atoms with E-state index in [0.29, 0.717) is 10.7 Å². The van der Waals surface area contributed by atoms with Crippen molar-refractivity contribution in [3.05, 3.63) is 89.1 Å². The average molecular weight is 581 g/mol. The van der Waals surface area contributed by atoms with E-state index in [9.17, 15) is 13.2 Å². The lowest BCUT2D eigenvalue weighted by Gasteiger charge is -2.23. The number of carbonyl (C=O) groups is 1. The molecular weight excluding hydrogens is 548 g/mol. The van der Waals surface area contributed by atoms with Gasteiger partial charge in [-0.3, -0.25) is 14.7 Å². The SMILES string of the molecule is COc1ccc(-c2cn(-c3ccc(C)c(C)c3)c(NC(=O)CN(CC(C)C)S(=O)(=O)c3ccc(Cl)cc3)n2)cc1. The van der Waals surface area contributed by atoms with Crippen molar-refractivity contribution in [3.8, 4) is 22.7 Å². The maximum atomic E-state index is 13.4. The molecule has 0 saturated heterocycles. The highest BCUT2D eigenvalue weighted by atomic mass is 35.5. The molecule has 0 atom stereocenters. The van der Waals surface area contributed by atoms with Gasteiger partial charge in [-0.25, -0.2) is 13.4 Å². The Morgan fingerprint density at radius 1 is 1.02 bits per heavy atom. The number of nitrogens with one attached hydrogen (secondary N) is 1. The summed E-state index contributed by atoms with van der Waals surface area (Å²) < 4.78 is 35.1. The number of benzene rings is 3. The Kier molecular flexibility index (Phi) is 8.98. The fourth-order valence-electron chi connectivity index (χ4n) is 4.18. The monoisotopic (exact) mass is 580 g/mol. The molecule has 3 aromatic carbocycles. The summed E-state index contributed by atoms with van der Waals surface area (Å²) in [5.41, 5.74) is 4.53. The number of halogens is 1. The first-order valence-electron chi connectivity index (χ1n) is 12.8. The third kappa shape index (κ3) is 6.72. The number of sulfonamides is 1. The van der Waals surface area contributed by atoms with Gasteiger partial charge in [0.25, 0.3) is 0 Å². The topological polar surface area (TPSA) is 93.5 Å². The molecule has 40 heavy (non-hydrogen) atoms. The third-order valence-corrected chi connectivity index (χ3v) is 8.53. The summed E-state index contributed by atoms with van der Waals surface area (Å²) >= 11 is 5.96. The molecule has 4 rings (SSSR count). The number of methoxy groups -OCH3 is 1. The van der Waals surface area contributed by atoms with Crippen molar-refractivity contribution >= 4 is 33.5 Å². The summed E-state index contributed by atoms with van der Waals surface area (Å²) in [6.45, 7) is 7.64. The molecular formula is C30H33ClN4O4S. The molecule has 1 aromatic heterocycles. The van der Waals surface area contributed by atoms with Crippen molar-refractivity contribution in [1.82, 2.24) is 13.9 Å². The number of aryl methyl sites for hydroxylation is 2. The molecule has 0 aliphatic rings. The van der Waals surface area contributed by atoms with Gasteiger partial charge in [-0.15, -0.1) is 0 Å². The first-order valence-corrected chi connectivity index (χ1v) is 14.7. The van der Waals surface area contributed by atoms with Crippen LogP contribution >= 0.6 is 11.6 Å². The molecule has 10 heteroatoms. The number of amides is 1. The van der Waals surface area contributed by atoms with Crippen LogP contribution in [0.1, 0.15) is 25.0 Å². The molecule has 0 saturated carbocycles. The Morgan fingerprint density at radius 3 is 2.30 bits per heavy atom. The van der Waals surface area contributed by atoms with E-state index in [2.05, 4.69) is 5.32 Å². The second-order valence-corrected chi connectivity index (χ2v) is 12.4. The maximum absolute atomic E-state index is 13.4. The highest BCUT2D eigenvalue weighted by molar-refractivity contribution is 7.89. The van der Waals surface area contributed by atoms with Gasteiger partial charge in [0.1, 0.15) is 5.75 Å². The van der Waals surface area contributed by atoms with Crippen molar-refractivity contribution in [1.29, 1.82) is 0 Å². The summed E-state index contributed by atoms with van der Waals surface area (Å²) in [4.78, 5) is 18.1. The molecule has 0 spiro atoms. The van der Waals surface area contributed by atoms with Gasteiger partial charge >= 0.3 is 0 Å². The highest BCUT2D eigenvalue weighted by Crippen LogP contribution is 2.27. The Balaban J connectivity index is 1.67. The summed E-state index contributed by atoms with van der Waals surface area (Å²) in [7, 11) is -2.34. The average Bonchev–Trinajstić information content (AvgIpc) is 3.33. The van der Waals surface area contributed by atoms with E-state index < -0.39 is 15.9 Å². The van der Waals surface area contributed by atoms with E-state index in [1.165, 1.54) is 28.6 Å². The zero-order valence-corrected chi connectivity index (χ0v) is 24.8. The minimum absolute atomic E-state index is 0.00549. The number of anilines is 1. The summed E-state index contributed by atoms with van der Waals surface area (Å²) in [6, 6.07) is 19.4. The van der Waals surface area contributed by atoms with E-state index in [1.807, 2.05) is 76.4 Å². The van der Waals surface area contributed by atoms with E-state index in [1.54, 1.807) is 11.7 Å². The second kappa shape index (κ2) is 12.2. The number of ether oxygens (including phenoxy) is 1. The Morgan fingerprint density at radius 2 is 1.70 bits per heavy atom. The van der Waals surface area contributed by atoms with Gasteiger partial charge in [-0.1, -0.05) is 31.5 Å². The Bertz CT molecular complexity index is 1600. The molecule has 210 valence electrons. The molecule has 0 unspecified atom stereocenters. The normalized spacial score (nSPS) is 11.7. The van der Waals surface area contributed by atoms with Gasteiger partial charge in [-0.2, -0.15) is 4.31 Å². The third-order valence-electron chi connectivity index (χ3n) is 6.45. The number of hydrogen-bond acceptors (Lipinski definition) is 5. The lowest BCUT2D eigenvalue weighted by Crippen LogP contribution is -2.40. The van der Waals surface area contributed by atoms with Crippen molar-refractivity contribution in [3.63, 3.8) is 0 Å². The van der Waals surface area contributed by atoms with Crippen LogP contribution in [0.25, 0.3) is 16.9 Å². The van der Waals surface area contributed by atoms with Gasteiger partial charge in [0.2, 0.25) is 21.9 Å². The molecule has 1 amide bonds. The summed E-state index contributed by atoms with van der Waals surface area (Å²) in [5, 5.41) is 3.28. The van der Waals surface area contributed by atoms with Crippen LogP contribution in [0.4, 0.5) is 5.95 Å². The Labute approximate surface area is 240 Å². The first-order chi connectivity index (χ1) is 19.0. The van der Waals surface area contributed by atoms with Gasteiger partial charge in [0.15, 0.2) is 0 Å². The standard InChI is InChI=1S/C30H33ClN4O4S/c1-20(2)17-34(40(37,38)27-14-9-24(31)10-15-27)19-29(36)33-30-32-28(23-7-12-26(39-5)13-8-23)18-35(30)25-11-6-21(3)22(4)16-25/h6-16,18,20H,17,19H2,1-5H3,(H,32,33,36). The fourth-order valence-corrected chi connectivity index (χ4v) is 5.86. The van der Waals surface area contributed by atoms with Crippen LogP contribution in [0, 0.1) is 19.8 Å². The number of imidazole rings is 1. The van der Waals surface area contributed by atoms with Crippen LogP contribution in [0.2, 0.25) is 5.02 Å². The van der Waals surface area contributed by atoms with Crippen LogP contribution in [0.15, 0.2) is 77.8 Å². The maximum Gasteiger partial charge on any atom is 0.243 e. The minimum atomic E-state index is -3.94. The summed E-state index contributed by atoms with van der Waals surface area (Å²) in [6.07, 6.45) is 1.85. The van der Waals surface area contributed by atoms with E-state index in [4.69, 9.17) is 21.3 Å². The van der Waals surface area contributed by atoms with E-state index in [0.717, 1.165) is 28.1 Å². The number of carbonyl (C=O) groups excluding carboxylic acids is 1. The number of aromatic nitrogens is 2. The van der Waals surface area contributed by atoms with Crippen molar-refractivity contribution in [2.75, 3.05) is 25.5 Å². The van der Waals surface area contributed by atoms with Gasteiger partial charge in [0.05, 0.1) is 24.2 Å². The minimum Gasteiger partial charge on any atom is -0.497 e. The predicted octanol–water partition coefficient (Wildman–Crippen LogP) is 6.10. The molecule has 1 heterocycles. The van der Waals surface area contributed by atoms with Crippen molar-refractivity contribution < 1.29 is 17.9 Å². The highest BCUT2D eigenvalue weighted by Gasteiger charge is 2.28. The first kappa shape index (κ1) is 29.3. The number of rotatable bonds is 10. The molecule has 0 radical (unpaired) electrons. The van der Waals surface area contributed by atoms with Crippen LogP contribution in [0.5, 0.6) is 5.75 Å². The number of hydrogen-bond donors (Lipinski definition) is 1. The molecule has 0 fully saturated rings. The Hall–Kier alpha value is -3.66. The van der Waals surface area contributed by atoms with E-state index in [-0.39, 0.29) is 29.9 Å². The zero-order chi connectivity index (χ0) is 29.0. The zero-order valence-electron chi connectivity index (χ0n) is 23.2. The van der Waals surface area contributed by atoms with E-state index >= 15 is 0 Å². The quantitative estimate of drug-likeness (QED) is 0.244. The van der Waals surface area contributed by atoms with Crippen LogP contribution in [-0.4, -0.2) is 48.4 Å². The van der Waals surface area contributed by atoms with Gasteiger partial charge in [-0.05, 0) is 91.6 Å². The fraction of sp³-hybridized carbons (Fsp3) is 0.267. The molecule has 8 nitrogen and oxygen atoms in total. The lowest BCUT2D eigenvalue weighted by molar-refractivity contribution is -0.116. The predicted molar refractivity (Wildman–Crippen MR) is 159 cm³/mol. The molecule has 0 bridgehead atoms. The number of nitrogens with zero attached hydrogens (tertiary/aromatic N) is 3. The van der Waals surface area contributed by atoms with Crippen LogP contribution in [0.3, 0.4) is 0 Å². The second-order valence-electron chi connectivity index (χ2n) is 10.0. The summed E-state index contributed by atoms with van der Waals surface area (Å²) in [5.74, 6) is 0.495. The van der Waals surface area contributed by atoms with Gasteiger partial charge in [0, 0.05) is 29.0 Å². The van der Waals surface area contributed by atoms with Gasteiger partial charge < -0.3 is 4.74 Å².